The second-order valence-electron chi connectivity index (χ2n) is 5.65. The molecule has 5 nitrogen and oxygen atoms in total. The number of methoxy groups -OCH3 is 1. The van der Waals surface area contributed by atoms with E-state index in [0.29, 0.717) is 12.5 Å². The van der Waals surface area contributed by atoms with Crippen LogP contribution >= 0.6 is 11.3 Å². The number of ether oxygens (including phenoxy) is 2. The molecule has 3 rings (SSSR count). The van der Waals surface area contributed by atoms with Crippen molar-refractivity contribution in [2.75, 3.05) is 25.6 Å². The molecule has 0 fully saturated rings. The van der Waals surface area contributed by atoms with Crippen LogP contribution in [0.4, 0.5) is 5.69 Å². The molecule has 1 unspecified atom stereocenters. The van der Waals surface area contributed by atoms with Crippen LogP contribution in [0.15, 0.2) is 40.7 Å². The fraction of sp³-hybridized carbons (Fsp3) is 0.353. The van der Waals surface area contributed by atoms with Gasteiger partial charge in [0.05, 0.1) is 20.3 Å². The first-order chi connectivity index (χ1) is 11.1. The Morgan fingerprint density at radius 2 is 2.35 bits per heavy atom. The molecule has 6 heteroatoms. The van der Waals surface area contributed by atoms with Gasteiger partial charge in [-0.1, -0.05) is 6.07 Å². The molecule has 1 aliphatic rings. The lowest BCUT2D eigenvalue weighted by Crippen LogP contribution is -2.36. The summed E-state index contributed by atoms with van der Waals surface area (Å²) >= 11 is 1.78. The Labute approximate surface area is 140 Å². The van der Waals surface area contributed by atoms with Crippen molar-refractivity contribution >= 4 is 23.0 Å². The standard InChI is InChI=1S/C17H21N3O2S/c1-17(14-7-9-23-15(14)6-8-22-17)11-19-16(18)20-12-4-3-5-13(10-12)21-2/h3-5,7,9-10H,6,8,11H2,1-2H3,(H3,18,19,20). The lowest BCUT2D eigenvalue weighted by atomic mass is 9.93. The van der Waals surface area contributed by atoms with Crippen LogP contribution in [-0.2, 0) is 16.8 Å². The van der Waals surface area contributed by atoms with E-state index in [1.165, 1.54) is 10.4 Å². The smallest absolute Gasteiger partial charge is 0.193 e. The summed E-state index contributed by atoms with van der Waals surface area (Å²) in [6.07, 6.45) is 0.976. The van der Waals surface area contributed by atoms with E-state index in [2.05, 4.69) is 28.7 Å². The van der Waals surface area contributed by atoms with Crippen molar-refractivity contribution in [2.24, 2.45) is 10.7 Å². The highest BCUT2D eigenvalue weighted by Gasteiger charge is 2.33. The highest BCUT2D eigenvalue weighted by atomic mass is 32.1. The number of nitrogens with one attached hydrogen (secondary N) is 1. The maximum absolute atomic E-state index is 6.01. The predicted octanol–water partition coefficient (Wildman–Crippen LogP) is 2.97. The summed E-state index contributed by atoms with van der Waals surface area (Å²) in [5, 5.41) is 5.20. The number of anilines is 1. The molecule has 122 valence electrons. The summed E-state index contributed by atoms with van der Waals surface area (Å²) in [6.45, 7) is 3.28. The minimum absolute atomic E-state index is 0.366. The van der Waals surface area contributed by atoms with E-state index in [-0.39, 0.29) is 0 Å². The summed E-state index contributed by atoms with van der Waals surface area (Å²) in [5.41, 5.74) is 7.68. The number of thiophene rings is 1. The van der Waals surface area contributed by atoms with Gasteiger partial charge in [0, 0.05) is 23.1 Å². The largest absolute Gasteiger partial charge is 0.497 e. The molecule has 0 spiro atoms. The molecule has 1 atom stereocenters. The second-order valence-corrected chi connectivity index (χ2v) is 6.65. The van der Waals surface area contributed by atoms with Gasteiger partial charge in [-0.05, 0) is 36.1 Å². The fourth-order valence-electron chi connectivity index (χ4n) is 2.71. The molecule has 0 bridgehead atoms. The van der Waals surface area contributed by atoms with Crippen LogP contribution in [0, 0.1) is 0 Å². The molecule has 3 N–H and O–H groups in total. The first-order valence-corrected chi connectivity index (χ1v) is 8.40. The zero-order valence-electron chi connectivity index (χ0n) is 13.3. The van der Waals surface area contributed by atoms with Crippen molar-refractivity contribution in [1.82, 2.24) is 0 Å². The normalized spacial score (nSPS) is 20.9. The van der Waals surface area contributed by atoms with Crippen LogP contribution < -0.4 is 15.8 Å². The third-order valence-electron chi connectivity index (χ3n) is 3.96. The predicted molar refractivity (Wildman–Crippen MR) is 94.4 cm³/mol. The molecule has 1 aromatic heterocycles. The van der Waals surface area contributed by atoms with Gasteiger partial charge in [-0.2, -0.15) is 0 Å². The number of benzene rings is 1. The van der Waals surface area contributed by atoms with Gasteiger partial charge in [-0.25, -0.2) is 4.99 Å². The van der Waals surface area contributed by atoms with Gasteiger partial charge < -0.3 is 20.5 Å². The topological polar surface area (TPSA) is 68.9 Å². The van der Waals surface area contributed by atoms with Crippen LogP contribution in [-0.4, -0.2) is 26.2 Å². The zero-order valence-corrected chi connectivity index (χ0v) is 14.2. The summed E-state index contributed by atoms with van der Waals surface area (Å²) < 4.78 is 11.2. The molecular weight excluding hydrogens is 310 g/mol. The SMILES string of the molecule is COc1cccc(NC(N)=NCC2(C)OCCc3sccc32)c1. The molecule has 1 aliphatic heterocycles. The lowest BCUT2D eigenvalue weighted by molar-refractivity contribution is -0.0374. The van der Waals surface area contributed by atoms with E-state index in [1.54, 1.807) is 18.4 Å². The monoisotopic (exact) mass is 331 g/mol. The zero-order chi connectivity index (χ0) is 16.3. The highest BCUT2D eigenvalue weighted by Crippen LogP contribution is 2.36. The van der Waals surface area contributed by atoms with Gasteiger partial charge in [-0.3, -0.25) is 0 Å². The molecule has 1 aromatic carbocycles. The Morgan fingerprint density at radius 3 is 3.17 bits per heavy atom. The average Bonchev–Trinajstić information content (AvgIpc) is 3.04. The van der Waals surface area contributed by atoms with Gasteiger partial charge >= 0.3 is 0 Å². The molecular formula is C17H21N3O2S. The van der Waals surface area contributed by atoms with Crippen LogP contribution in [0.3, 0.4) is 0 Å². The van der Waals surface area contributed by atoms with E-state index < -0.39 is 5.60 Å². The van der Waals surface area contributed by atoms with Crippen LogP contribution in [0.1, 0.15) is 17.4 Å². The van der Waals surface area contributed by atoms with Crippen molar-refractivity contribution in [2.45, 2.75) is 18.9 Å². The summed E-state index contributed by atoms with van der Waals surface area (Å²) in [7, 11) is 1.64. The number of hydrogen-bond acceptors (Lipinski definition) is 4. The number of nitrogens with two attached hydrogens (primary N) is 1. The van der Waals surface area contributed by atoms with Crippen molar-refractivity contribution in [1.29, 1.82) is 0 Å². The molecule has 0 aliphatic carbocycles. The van der Waals surface area contributed by atoms with Gasteiger partial charge in [-0.15, -0.1) is 11.3 Å². The number of guanidine groups is 1. The number of aliphatic imine (C=N–C) groups is 1. The van der Waals surface area contributed by atoms with Crippen molar-refractivity contribution in [3.63, 3.8) is 0 Å². The number of nitrogens with zero attached hydrogens (tertiary/aromatic N) is 1. The molecule has 0 radical (unpaired) electrons. The molecule has 23 heavy (non-hydrogen) atoms. The van der Waals surface area contributed by atoms with Crippen LogP contribution in [0.5, 0.6) is 5.75 Å². The molecule has 0 saturated carbocycles. The van der Waals surface area contributed by atoms with E-state index in [1.807, 2.05) is 24.3 Å². The fourth-order valence-corrected chi connectivity index (χ4v) is 3.69. The first-order valence-electron chi connectivity index (χ1n) is 7.52. The van der Waals surface area contributed by atoms with E-state index in [4.69, 9.17) is 15.2 Å². The number of fused-ring (bicyclic) bond motifs is 1. The van der Waals surface area contributed by atoms with Gasteiger partial charge in [0.1, 0.15) is 11.4 Å². The van der Waals surface area contributed by atoms with Gasteiger partial charge in [0.25, 0.3) is 0 Å². The summed E-state index contributed by atoms with van der Waals surface area (Å²) in [5.74, 6) is 1.14. The maximum Gasteiger partial charge on any atom is 0.193 e. The van der Waals surface area contributed by atoms with Gasteiger partial charge in [0.2, 0.25) is 0 Å². The molecule has 0 saturated heterocycles. The van der Waals surface area contributed by atoms with Crippen LogP contribution in [0.2, 0.25) is 0 Å². The van der Waals surface area contributed by atoms with Crippen molar-refractivity contribution in [3.8, 4) is 5.75 Å². The minimum atomic E-state index is -0.408. The molecule has 0 amide bonds. The second kappa shape index (κ2) is 6.60. The Morgan fingerprint density at radius 1 is 1.48 bits per heavy atom. The third-order valence-corrected chi connectivity index (χ3v) is 4.94. The van der Waals surface area contributed by atoms with E-state index >= 15 is 0 Å². The minimum Gasteiger partial charge on any atom is -0.497 e. The van der Waals surface area contributed by atoms with Crippen LogP contribution in [0.25, 0.3) is 0 Å². The van der Waals surface area contributed by atoms with Crippen molar-refractivity contribution in [3.05, 3.63) is 46.2 Å². The Bertz CT molecular complexity index is 713. The molecule has 2 heterocycles. The summed E-state index contributed by atoms with van der Waals surface area (Å²) in [6, 6.07) is 9.70. The number of rotatable bonds is 4. The van der Waals surface area contributed by atoms with Gasteiger partial charge in [0.15, 0.2) is 5.96 Å². The van der Waals surface area contributed by atoms with Crippen molar-refractivity contribution < 1.29 is 9.47 Å². The first kappa shape index (κ1) is 15.8. The Kier molecular flexibility index (Phi) is 4.54. The maximum atomic E-state index is 6.01. The Balaban J connectivity index is 1.70. The summed E-state index contributed by atoms with van der Waals surface area (Å²) in [4.78, 5) is 5.85. The van der Waals surface area contributed by atoms with E-state index in [9.17, 15) is 0 Å². The van der Waals surface area contributed by atoms with E-state index in [0.717, 1.165) is 24.5 Å². The third kappa shape index (κ3) is 3.48. The lowest BCUT2D eigenvalue weighted by Gasteiger charge is -2.33. The highest BCUT2D eigenvalue weighted by molar-refractivity contribution is 7.10. The quantitative estimate of drug-likeness (QED) is 0.667. The number of hydrogen-bond donors (Lipinski definition) is 2. The Hall–Kier alpha value is -2.05. The molecule has 2 aromatic rings. The average molecular weight is 331 g/mol.